The Morgan fingerprint density at radius 1 is 0.846 bits per heavy atom. The lowest BCUT2D eigenvalue weighted by Gasteiger charge is -2.37. The van der Waals surface area contributed by atoms with Gasteiger partial charge in [0, 0.05) is 56.0 Å². The highest BCUT2D eigenvalue weighted by molar-refractivity contribution is 5.82. The number of allylic oxidation sites excluding steroid dienone is 1. The fraction of sp³-hybridized carbons (Fsp3) is 0.510. The number of benzene rings is 2. The number of aromatic nitrogens is 4. The molecule has 0 bridgehead atoms. The number of ether oxygens (including phenoxy) is 3. The highest BCUT2D eigenvalue weighted by Gasteiger charge is 2.37. The Hall–Kier alpha value is -5.89. The van der Waals surface area contributed by atoms with Crippen LogP contribution in [-0.2, 0) is 24.5 Å². The van der Waals surface area contributed by atoms with Crippen LogP contribution in [0.25, 0.3) is 28.3 Å². The molecule has 2 saturated heterocycles. The van der Waals surface area contributed by atoms with Crippen molar-refractivity contribution in [3.8, 4) is 28.3 Å². The predicted octanol–water partition coefficient (Wildman–Crippen LogP) is 10.2. The fourth-order valence-corrected chi connectivity index (χ4v) is 8.01. The van der Waals surface area contributed by atoms with Gasteiger partial charge in [0.25, 0.3) is 0 Å². The Bertz CT molecular complexity index is 2030. The number of alkyl carbamates (subject to hydrolysis) is 1. The summed E-state index contributed by atoms with van der Waals surface area (Å²) in [6.07, 6.45) is 19.4. The van der Waals surface area contributed by atoms with Gasteiger partial charge >= 0.3 is 6.09 Å². The molecule has 3 aliphatic rings. The summed E-state index contributed by atoms with van der Waals surface area (Å²) in [7, 11) is 4.52. The van der Waals surface area contributed by atoms with E-state index in [-0.39, 0.29) is 36.4 Å². The molecule has 4 N–H and O–H groups in total. The van der Waals surface area contributed by atoms with Crippen molar-refractivity contribution in [1.29, 1.82) is 0 Å². The van der Waals surface area contributed by atoms with Crippen LogP contribution >= 0.6 is 0 Å². The van der Waals surface area contributed by atoms with Gasteiger partial charge in [0.05, 0.1) is 49.8 Å². The number of amides is 3. The lowest BCUT2D eigenvalue weighted by atomic mass is 9.71. The van der Waals surface area contributed by atoms with Gasteiger partial charge in [-0.1, -0.05) is 98.1 Å². The molecule has 2 fully saturated rings. The van der Waals surface area contributed by atoms with Gasteiger partial charge in [-0.25, -0.2) is 14.8 Å². The van der Waals surface area contributed by atoms with E-state index in [1.165, 1.54) is 25.5 Å². The summed E-state index contributed by atoms with van der Waals surface area (Å²) in [4.78, 5) is 54.0. The summed E-state index contributed by atoms with van der Waals surface area (Å²) in [6.45, 7) is 19.3. The maximum Gasteiger partial charge on any atom is 0.407 e. The number of nitrogens with one attached hydrogen (secondary N) is 4. The molecular weight excluding hydrogens is 821 g/mol. The number of nitrogens with zero attached hydrogens (tertiary/aromatic N) is 4. The Labute approximate surface area is 388 Å². The molecule has 0 unspecified atom stereocenters. The zero-order chi connectivity index (χ0) is 47.6. The number of carbonyl (C=O) groups excluding carboxylic acids is 3. The van der Waals surface area contributed by atoms with Gasteiger partial charge < -0.3 is 44.6 Å². The van der Waals surface area contributed by atoms with Crippen LogP contribution in [-0.4, -0.2) is 102 Å². The first kappa shape index (κ1) is 53.4. The lowest BCUT2D eigenvalue weighted by molar-refractivity contribution is -0.131. The highest BCUT2D eigenvalue weighted by atomic mass is 16.5. The van der Waals surface area contributed by atoms with Gasteiger partial charge in [0.2, 0.25) is 11.8 Å². The first-order valence-electron chi connectivity index (χ1n) is 23.4. The van der Waals surface area contributed by atoms with Crippen LogP contribution in [0.15, 0.2) is 80.0 Å². The summed E-state index contributed by atoms with van der Waals surface area (Å²) >= 11 is 0. The predicted molar refractivity (Wildman–Crippen MR) is 261 cm³/mol. The first-order chi connectivity index (χ1) is 31.5. The lowest BCUT2D eigenvalue weighted by Crippen LogP contribution is -2.38. The number of aromatic amines is 2. The summed E-state index contributed by atoms with van der Waals surface area (Å²) in [5.74, 6) is 2.67. The monoisotopic (exact) mass is 897 g/mol. The molecule has 0 spiro atoms. The highest BCUT2D eigenvalue weighted by Crippen LogP contribution is 2.48. The number of likely N-dealkylation sites (tertiary alicyclic amines) is 2. The normalized spacial score (nSPS) is 15.3. The molecule has 0 radical (unpaired) electrons. The van der Waals surface area contributed by atoms with Gasteiger partial charge in [-0.05, 0) is 74.6 Å². The van der Waals surface area contributed by atoms with Crippen molar-refractivity contribution in [3.05, 3.63) is 97.0 Å². The van der Waals surface area contributed by atoms with Gasteiger partial charge in [0.1, 0.15) is 23.9 Å². The standard InChI is InChI=1S/C35H40N6O2.C8H14N2O3.2C3H8.C2H6O/c1-4-15-35(16-5-2)19-32(25-11-9-24(10-12-25)28-20-37-23-39-28)43-31-14-13-26(18-27(31)35)29-21-38-34(40-29)30-8-7-17-41(30)33(42)22-36-6-3;1-13-8(12)9-6-7(11)10-4-2-3-5-10;3*1-3-2/h6,9-14,18-21,23,30,36H,3-5,7-8,15-17,22H2,1-2H3,(H,37,39)(H,38,40);2-6H2,1H3,(H,9,12);2*3H2,1-2H3;1-2H3/t30-;;;;/m0..../s1. The average Bonchev–Trinajstić information content (AvgIpc) is 4.17. The number of carbonyl (C=O) groups is 3. The number of H-pyrrole nitrogens is 2. The number of hydrogen-bond donors (Lipinski definition) is 4. The molecule has 65 heavy (non-hydrogen) atoms. The minimum Gasteiger partial charge on any atom is -0.457 e. The van der Waals surface area contributed by atoms with E-state index < -0.39 is 6.09 Å². The SMILES string of the molecule is C=CNCC(=O)N1CCC[C@H]1c1ncc(-c2ccc3c(c2)C(CCC)(CCC)C=C(c2ccc(-c4cnc[nH]4)cc2)O3)[nH]1.CCC.CCC.COC.COC(=O)NCC(=O)N1CCCC1. The van der Waals surface area contributed by atoms with Crippen LogP contribution < -0.4 is 15.4 Å². The zero-order valence-electron chi connectivity index (χ0n) is 40.6. The Morgan fingerprint density at radius 2 is 1.48 bits per heavy atom. The molecule has 14 heteroatoms. The van der Waals surface area contributed by atoms with Crippen LogP contribution in [0.4, 0.5) is 4.79 Å². The molecule has 356 valence electrons. The molecule has 0 aliphatic carbocycles. The summed E-state index contributed by atoms with van der Waals surface area (Å²) in [5.41, 5.74) is 6.25. The fourth-order valence-electron chi connectivity index (χ4n) is 8.01. The van der Waals surface area contributed by atoms with E-state index in [2.05, 4.69) is 132 Å². The smallest absolute Gasteiger partial charge is 0.407 e. The molecule has 2 aromatic heterocycles. The number of hydrogen-bond acceptors (Lipinski definition) is 9. The van der Waals surface area contributed by atoms with Gasteiger partial charge in [-0.3, -0.25) is 9.59 Å². The molecular formula is C51H76N8O6. The second kappa shape index (κ2) is 28.8. The summed E-state index contributed by atoms with van der Waals surface area (Å²) < 4.78 is 15.2. The van der Waals surface area contributed by atoms with Crippen molar-refractivity contribution in [3.63, 3.8) is 0 Å². The van der Waals surface area contributed by atoms with Crippen molar-refractivity contribution >= 4 is 23.7 Å². The van der Waals surface area contributed by atoms with E-state index in [1.54, 1.807) is 31.6 Å². The van der Waals surface area contributed by atoms with Crippen LogP contribution in [0.3, 0.4) is 0 Å². The quantitative estimate of drug-likeness (QED) is 0.102. The summed E-state index contributed by atoms with van der Waals surface area (Å²) in [6, 6.07) is 14.9. The number of imidazole rings is 2. The second-order valence-corrected chi connectivity index (χ2v) is 16.3. The van der Waals surface area contributed by atoms with Gasteiger partial charge in [-0.2, -0.15) is 0 Å². The van der Waals surface area contributed by atoms with Gasteiger partial charge in [0.15, 0.2) is 0 Å². The third kappa shape index (κ3) is 15.7. The minimum absolute atomic E-state index is 0.0344. The Balaban J connectivity index is 0.000000424. The topological polar surface area (TPSA) is 167 Å². The molecule has 0 saturated carbocycles. The van der Waals surface area contributed by atoms with E-state index in [0.29, 0.717) is 0 Å². The largest absolute Gasteiger partial charge is 0.457 e. The summed E-state index contributed by atoms with van der Waals surface area (Å²) in [5, 5.41) is 5.29. The van der Waals surface area contributed by atoms with Crippen molar-refractivity contribution in [2.24, 2.45) is 0 Å². The van der Waals surface area contributed by atoms with Crippen molar-refractivity contribution in [1.82, 2.24) is 40.4 Å². The van der Waals surface area contributed by atoms with Crippen molar-refractivity contribution < 1.29 is 28.6 Å². The molecule has 1 atom stereocenters. The third-order valence-electron chi connectivity index (χ3n) is 10.7. The Kier molecular flexibility index (Phi) is 23.7. The molecule has 2 aromatic carbocycles. The molecule has 3 aliphatic heterocycles. The molecule has 3 amide bonds. The maximum atomic E-state index is 12.8. The second-order valence-electron chi connectivity index (χ2n) is 16.3. The minimum atomic E-state index is -0.562. The average molecular weight is 897 g/mol. The van der Waals surface area contributed by atoms with E-state index in [1.807, 2.05) is 17.3 Å². The van der Waals surface area contributed by atoms with Crippen LogP contribution in [0.1, 0.15) is 129 Å². The molecule has 4 aromatic rings. The molecule has 7 rings (SSSR count). The molecule has 14 nitrogen and oxygen atoms in total. The van der Waals surface area contributed by atoms with E-state index in [4.69, 9.17) is 9.72 Å². The van der Waals surface area contributed by atoms with Crippen molar-refractivity contribution in [2.75, 3.05) is 54.1 Å². The first-order valence-corrected chi connectivity index (χ1v) is 23.4. The van der Waals surface area contributed by atoms with Crippen LogP contribution in [0.5, 0.6) is 5.75 Å². The zero-order valence-corrected chi connectivity index (χ0v) is 40.6. The third-order valence-corrected chi connectivity index (χ3v) is 10.7. The molecule has 5 heterocycles. The van der Waals surface area contributed by atoms with Crippen molar-refractivity contribution in [2.45, 2.75) is 117 Å². The number of rotatable bonds is 13. The van der Waals surface area contributed by atoms with Gasteiger partial charge in [-0.15, -0.1) is 0 Å². The van der Waals surface area contributed by atoms with E-state index in [0.717, 1.165) is 116 Å². The number of fused-ring (bicyclic) bond motifs is 1. The van der Waals surface area contributed by atoms with E-state index in [9.17, 15) is 14.4 Å². The number of methoxy groups -OCH3 is 2. The van der Waals surface area contributed by atoms with Crippen LogP contribution in [0.2, 0.25) is 0 Å². The maximum absolute atomic E-state index is 12.8. The van der Waals surface area contributed by atoms with Crippen LogP contribution in [0, 0.1) is 0 Å². The van der Waals surface area contributed by atoms with E-state index >= 15 is 0 Å². The Morgan fingerprint density at radius 3 is 2.06 bits per heavy atom.